The smallest absolute Gasteiger partial charge is 0.0922 e. The van der Waals surface area contributed by atoms with Crippen LogP contribution in [0, 0.1) is 0 Å². The third-order valence-electron chi connectivity index (χ3n) is 2.36. The van der Waals surface area contributed by atoms with E-state index >= 15 is 0 Å². The van der Waals surface area contributed by atoms with Crippen LogP contribution in [0.1, 0.15) is 25.0 Å². The quantitative estimate of drug-likeness (QED) is 0.689. The van der Waals surface area contributed by atoms with Crippen LogP contribution in [0.5, 0.6) is 0 Å². The summed E-state index contributed by atoms with van der Waals surface area (Å²) in [6.45, 7) is 0.884. The van der Waals surface area contributed by atoms with Gasteiger partial charge in [-0.3, -0.25) is 0 Å². The third-order valence-corrected chi connectivity index (χ3v) is 2.36. The van der Waals surface area contributed by atoms with E-state index in [1.54, 1.807) is 6.33 Å². The Kier molecular flexibility index (Phi) is 2.77. The molecule has 0 spiro atoms. The van der Waals surface area contributed by atoms with Gasteiger partial charge in [0.05, 0.1) is 6.33 Å². The molecule has 70 valence electrons. The second-order valence-electron chi connectivity index (χ2n) is 3.42. The Labute approximate surface area is 78.3 Å². The monoisotopic (exact) mass is 177 g/mol. The maximum atomic E-state index is 3.97. The number of H-pyrrole nitrogens is 1. The first-order valence-electron chi connectivity index (χ1n) is 4.82. The molecule has 1 aliphatic carbocycles. The molecule has 0 bridgehead atoms. The lowest BCUT2D eigenvalue weighted by Crippen LogP contribution is -2.27. The summed E-state index contributed by atoms with van der Waals surface area (Å²) in [6.07, 6.45) is 11.9. The summed E-state index contributed by atoms with van der Waals surface area (Å²) in [7, 11) is 0. The molecule has 0 amide bonds. The first-order chi connectivity index (χ1) is 6.45. The van der Waals surface area contributed by atoms with Crippen LogP contribution >= 0.6 is 0 Å². The summed E-state index contributed by atoms with van der Waals surface area (Å²) < 4.78 is 0. The number of nitrogens with one attached hydrogen (secondary N) is 2. The molecule has 1 atom stereocenters. The molecule has 1 aliphatic rings. The molecule has 3 nitrogen and oxygen atoms in total. The molecule has 0 saturated carbocycles. The maximum Gasteiger partial charge on any atom is 0.0922 e. The van der Waals surface area contributed by atoms with Gasteiger partial charge in [0.2, 0.25) is 0 Å². The van der Waals surface area contributed by atoms with Crippen LogP contribution in [0.25, 0.3) is 0 Å². The van der Waals surface area contributed by atoms with E-state index in [0.717, 1.165) is 12.2 Å². The van der Waals surface area contributed by atoms with Gasteiger partial charge in [-0.15, -0.1) is 0 Å². The Morgan fingerprint density at radius 1 is 1.62 bits per heavy atom. The molecule has 0 saturated heterocycles. The molecular formula is C10H15N3. The van der Waals surface area contributed by atoms with E-state index in [1.165, 1.54) is 19.3 Å². The van der Waals surface area contributed by atoms with E-state index in [4.69, 9.17) is 0 Å². The van der Waals surface area contributed by atoms with Gasteiger partial charge >= 0.3 is 0 Å². The highest BCUT2D eigenvalue weighted by Gasteiger charge is 2.06. The van der Waals surface area contributed by atoms with Gasteiger partial charge in [-0.05, 0) is 19.3 Å². The van der Waals surface area contributed by atoms with E-state index in [9.17, 15) is 0 Å². The van der Waals surface area contributed by atoms with Crippen molar-refractivity contribution in [1.29, 1.82) is 0 Å². The average Bonchev–Trinajstić information content (AvgIpc) is 2.69. The minimum Gasteiger partial charge on any atom is -0.347 e. The lowest BCUT2D eigenvalue weighted by Gasteiger charge is -2.17. The number of aromatic nitrogens is 2. The Bertz CT molecular complexity index is 264. The largest absolute Gasteiger partial charge is 0.347 e. The normalized spacial score (nSPS) is 22.0. The molecule has 2 rings (SSSR count). The molecule has 1 unspecified atom stereocenters. The van der Waals surface area contributed by atoms with Crippen molar-refractivity contribution in [3.63, 3.8) is 0 Å². The highest BCUT2D eigenvalue weighted by molar-refractivity contribution is 5.00. The predicted octanol–water partition coefficient (Wildman–Crippen LogP) is 1.61. The van der Waals surface area contributed by atoms with E-state index in [2.05, 4.69) is 27.4 Å². The fraction of sp³-hybridized carbons (Fsp3) is 0.500. The van der Waals surface area contributed by atoms with E-state index < -0.39 is 0 Å². The number of nitrogens with zero attached hydrogens (tertiary/aromatic N) is 1. The summed E-state index contributed by atoms with van der Waals surface area (Å²) in [6, 6.07) is 0.553. The van der Waals surface area contributed by atoms with E-state index in [1.807, 2.05) is 6.20 Å². The van der Waals surface area contributed by atoms with Gasteiger partial charge in [0.25, 0.3) is 0 Å². The van der Waals surface area contributed by atoms with Crippen molar-refractivity contribution < 1.29 is 0 Å². The highest BCUT2D eigenvalue weighted by atomic mass is 15.0. The van der Waals surface area contributed by atoms with Crippen molar-refractivity contribution in [3.8, 4) is 0 Å². The van der Waals surface area contributed by atoms with Gasteiger partial charge in [0.1, 0.15) is 0 Å². The van der Waals surface area contributed by atoms with Crippen LogP contribution in [0.15, 0.2) is 24.7 Å². The number of rotatable bonds is 3. The number of hydrogen-bond donors (Lipinski definition) is 2. The summed E-state index contributed by atoms with van der Waals surface area (Å²) in [5.41, 5.74) is 1.15. The van der Waals surface area contributed by atoms with Gasteiger partial charge in [-0.2, -0.15) is 0 Å². The first-order valence-corrected chi connectivity index (χ1v) is 4.82. The van der Waals surface area contributed by atoms with Gasteiger partial charge in [-0.25, -0.2) is 4.98 Å². The van der Waals surface area contributed by atoms with Crippen LogP contribution < -0.4 is 5.32 Å². The number of imidazole rings is 1. The Hall–Kier alpha value is -1.09. The zero-order valence-corrected chi connectivity index (χ0v) is 7.66. The number of aromatic amines is 1. The van der Waals surface area contributed by atoms with Gasteiger partial charge in [0.15, 0.2) is 0 Å². The maximum absolute atomic E-state index is 3.97. The molecule has 0 radical (unpaired) electrons. The minimum absolute atomic E-state index is 0.553. The van der Waals surface area contributed by atoms with Crippen molar-refractivity contribution in [2.75, 3.05) is 0 Å². The van der Waals surface area contributed by atoms with Crippen molar-refractivity contribution in [1.82, 2.24) is 15.3 Å². The van der Waals surface area contributed by atoms with Gasteiger partial charge in [0, 0.05) is 24.5 Å². The van der Waals surface area contributed by atoms with Crippen LogP contribution in [-0.2, 0) is 6.54 Å². The second kappa shape index (κ2) is 4.23. The molecule has 0 aromatic carbocycles. The van der Waals surface area contributed by atoms with E-state index in [0.29, 0.717) is 6.04 Å². The third kappa shape index (κ3) is 2.42. The van der Waals surface area contributed by atoms with Crippen LogP contribution in [-0.4, -0.2) is 16.0 Å². The zero-order valence-electron chi connectivity index (χ0n) is 7.66. The highest BCUT2D eigenvalue weighted by Crippen LogP contribution is 2.10. The van der Waals surface area contributed by atoms with Crippen molar-refractivity contribution >= 4 is 0 Å². The topological polar surface area (TPSA) is 40.7 Å². The number of hydrogen-bond acceptors (Lipinski definition) is 2. The van der Waals surface area contributed by atoms with Crippen molar-refractivity contribution in [2.24, 2.45) is 0 Å². The van der Waals surface area contributed by atoms with Crippen molar-refractivity contribution in [3.05, 3.63) is 30.4 Å². The summed E-state index contributed by atoms with van der Waals surface area (Å²) >= 11 is 0. The Balaban J connectivity index is 1.79. The number of allylic oxidation sites excluding steroid dienone is 1. The van der Waals surface area contributed by atoms with Crippen molar-refractivity contribution in [2.45, 2.75) is 31.8 Å². The summed E-state index contributed by atoms with van der Waals surface area (Å²) in [5, 5.41) is 3.47. The second-order valence-corrected chi connectivity index (χ2v) is 3.42. The molecule has 13 heavy (non-hydrogen) atoms. The van der Waals surface area contributed by atoms with Crippen LogP contribution in [0.2, 0.25) is 0 Å². The Morgan fingerprint density at radius 2 is 2.62 bits per heavy atom. The fourth-order valence-corrected chi connectivity index (χ4v) is 1.60. The Morgan fingerprint density at radius 3 is 3.31 bits per heavy atom. The molecule has 2 N–H and O–H groups in total. The SMILES string of the molecule is C1=CC(NCc2cnc[nH]2)CCC1. The lowest BCUT2D eigenvalue weighted by atomic mass is 10.0. The first kappa shape index (κ1) is 8.51. The molecule has 0 aliphatic heterocycles. The van der Waals surface area contributed by atoms with Gasteiger partial charge in [-0.1, -0.05) is 12.2 Å². The van der Waals surface area contributed by atoms with Crippen LogP contribution in [0.4, 0.5) is 0 Å². The standard InChI is InChI=1S/C10H15N3/c1-2-4-9(5-3-1)12-7-10-6-11-8-13-10/h2,4,6,8-9,12H,1,3,5,7H2,(H,11,13). The predicted molar refractivity (Wildman–Crippen MR) is 52.2 cm³/mol. The molecule has 1 heterocycles. The molecule has 1 aromatic heterocycles. The van der Waals surface area contributed by atoms with Gasteiger partial charge < -0.3 is 10.3 Å². The van der Waals surface area contributed by atoms with Crippen LogP contribution in [0.3, 0.4) is 0 Å². The lowest BCUT2D eigenvalue weighted by molar-refractivity contribution is 0.519. The molecule has 3 heteroatoms. The zero-order chi connectivity index (χ0) is 8.93. The summed E-state index contributed by atoms with van der Waals surface area (Å²) in [4.78, 5) is 7.05. The fourth-order valence-electron chi connectivity index (χ4n) is 1.60. The summed E-state index contributed by atoms with van der Waals surface area (Å²) in [5.74, 6) is 0. The molecule has 0 fully saturated rings. The van der Waals surface area contributed by atoms with E-state index in [-0.39, 0.29) is 0 Å². The average molecular weight is 177 g/mol. The minimum atomic E-state index is 0.553. The molecular weight excluding hydrogens is 162 g/mol. The molecule has 1 aromatic rings.